The Kier molecular flexibility index (Phi) is 6.01. The van der Waals surface area contributed by atoms with Gasteiger partial charge >= 0.3 is 0 Å². The summed E-state index contributed by atoms with van der Waals surface area (Å²) in [6, 6.07) is 14.3. The largest absolute Gasteiger partial charge is 0.355 e. The van der Waals surface area contributed by atoms with E-state index in [2.05, 4.69) is 10.4 Å². The molecule has 1 N–H and O–H groups in total. The van der Waals surface area contributed by atoms with Crippen molar-refractivity contribution in [3.05, 3.63) is 94.4 Å². The van der Waals surface area contributed by atoms with E-state index in [0.717, 1.165) is 10.2 Å². The van der Waals surface area contributed by atoms with E-state index in [1.807, 2.05) is 0 Å². The molecule has 4 rings (SSSR count). The summed E-state index contributed by atoms with van der Waals surface area (Å²) in [5, 5.41) is 6.99. The molecule has 0 bridgehead atoms. The molecule has 33 heavy (non-hydrogen) atoms. The fourth-order valence-electron chi connectivity index (χ4n) is 3.42. The normalized spacial score (nSPS) is 11.5. The predicted octanol–water partition coefficient (Wildman–Crippen LogP) is 3.85. The maximum Gasteiger partial charge on any atom is 0.283 e. The number of hydrogen-bond donors (Lipinski definition) is 1. The molecule has 0 atom stereocenters. The van der Waals surface area contributed by atoms with Crippen LogP contribution in [0.1, 0.15) is 26.3 Å². The number of fused-ring (bicyclic) bond motifs is 1. The second kappa shape index (κ2) is 8.76. The summed E-state index contributed by atoms with van der Waals surface area (Å²) >= 11 is 5.98. The zero-order valence-corrected chi connectivity index (χ0v) is 18.8. The molecule has 4 aromatic rings. The van der Waals surface area contributed by atoms with Gasteiger partial charge in [0.05, 0.1) is 27.2 Å². The minimum Gasteiger partial charge on any atom is -0.355 e. The van der Waals surface area contributed by atoms with Crippen LogP contribution in [-0.2, 0) is 16.4 Å². The minimum absolute atomic E-state index is 0.00435. The van der Waals surface area contributed by atoms with Gasteiger partial charge in [0.15, 0.2) is 5.78 Å². The molecule has 0 fully saturated rings. The lowest BCUT2D eigenvalue weighted by Crippen LogP contribution is -2.19. The highest BCUT2D eigenvalue weighted by atomic mass is 35.5. The number of nitrogens with zero attached hydrogens (tertiary/aromatic N) is 2. The highest BCUT2D eigenvalue weighted by Gasteiger charge is 2.23. The quantitative estimate of drug-likeness (QED) is 0.418. The highest BCUT2D eigenvalue weighted by molar-refractivity contribution is 7.90. The van der Waals surface area contributed by atoms with Gasteiger partial charge in [-0.1, -0.05) is 35.9 Å². The summed E-state index contributed by atoms with van der Waals surface area (Å²) in [7, 11) is -2.69. The average molecular weight is 486 g/mol. The van der Waals surface area contributed by atoms with Crippen LogP contribution < -0.4 is 5.32 Å². The molecular weight excluding hydrogens is 469 g/mol. The van der Waals surface area contributed by atoms with Crippen LogP contribution in [0.25, 0.3) is 10.9 Å². The average Bonchev–Trinajstić information content (AvgIpc) is 3.22. The Morgan fingerprint density at radius 3 is 2.58 bits per heavy atom. The standard InChI is InChI=1S/C23H17ClFN3O4S/c1-26-23(30)15-4-2-5-17(12-15)33(31,32)28-20-10-14(8-9-16(20)13-27-28)11-21(29)22-18(24)6-3-7-19(22)25/h2-10,12-13H,11H2,1H3,(H,26,30). The maximum atomic E-state index is 14.1. The number of rotatable bonds is 6. The molecule has 0 aliphatic rings. The first kappa shape index (κ1) is 22.6. The van der Waals surface area contributed by atoms with Crippen LogP contribution >= 0.6 is 11.6 Å². The molecule has 1 amide bonds. The summed E-state index contributed by atoms with van der Waals surface area (Å²) in [5.41, 5.74) is 0.669. The maximum absolute atomic E-state index is 14.1. The van der Waals surface area contributed by atoms with Gasteiger partial charge < -0.3 is 5.32 Å². The summed E-state index contributed by atoms with van der Waals surface area (Å²) in [6.07, 6.45) is 1.20. The van der Waals surface area contributed by atoms with Crippen LogP contribution in [0.15, 0.2) is 71.8 Å². The lowest BCUT2D eigenvalue weighted by molar-refractivity contribution is 0.0960. The Labute approximate surface area is 193 Å². The molecule has 7 nitrogen and oxygen atoms in total. The van der Waals surface area contributed by atoms with Crippen molar-refractivity contribution in [2.24, 2.45) is 0 Å². The minimum atomic E-state index is -4.14. The van der Waals surface area contributed by atoms with Crippen molar-refractivity contribution in [1.29, 1.82) is 0 Å². The number of carbonyl (C=O) groups is 2. The molecule has 1 heterocycles. The predicted molar refractivity (Wildman–Crippen MR) is 122 cm³/mol. The Morgan fingerprint density at radius 2 is 1.85 bits per heavy atom. The van der Waals surface area contributed by atoms with E-state index in [1.165, 1.54) is 55.7 Å². The van der Waals surface area contributed by atoms with Crippen LogP contribution in [0.2, 0.25) is 5.02 Å². The van der Waals surface area contributed by atoms with E-state index in [9.17, 15) is 22.4 Å². The van der Waals surface area contributed by atoms with Crippen LogP contribution in [0, 0.1) is 5.82 Å². The van der Waals surface area contributed by atoms with Crippen molar-refractivity contribution in [2.45, 2.75) is 11.3 Å². The van der Waals surface area contributed by atoms with Gasteiger partial charge in [0.25, 0.3) is 15.9 Å². The fourth-order valence-corrected chi connectivity index (χ4v) is 5.01. The molecule has 0 radical (unpaired) electrons. The zero-order chi connectivity index (χ0) is 23.8. The highest BCUT2D eigenvalue weighted by Crippen LogP contribution is 2.25. The van der Waals surface area contributed by atoms with Gasteiger partial charge in [-0.2, -0.15) is 17.6 Å². The van der Waals surface area contributed by atoms with E-state index in [-0.39, 0.29) is 33.0 Å². The number of halogens is 2. The summed E-state index contributed by atoms with van der Waals surface area (Å²) < 4.78 is 41.4. The van der Waals surface area contributed by atoms with Crippen molar-refractivity contribution >= 4 is 44.2 Å². The van der Waals surface area contributed by atoms with Gasteiger partial charge in [0.2, 0.25) is 0 Å². The Hall–Kier alpha value is -3.56. The number of amides is 1. The zero-order valence-electron chi connectivity index (χ0n) is 17.2. The molecule has 168 valence electrons. The summed E-state index contributed by atoms with van der Waals surface area (Å²) in [6.45, 7) is 0. The van der Waals surface area contributed by atoms with Crippen LogP contribution in [0.3, 0.4) is 0 Å². The molecule has 0 aliphatic carbocycles. The first-order chi connectivity index (χ1) is 15.7. The number of hydrogen-bond acceptors (Lipinski definition) is 5. The van der Waals surface area contributed by atoms with E-state index in [1.54, 1.807) is 12.1 Å². The monoisotopic (exact) mass is 485 g/mol. The van der Waals surface area contributed by atoms with Gasteiger partial charge in [-0.15, -0.1) is 0 Å². The molecule has 0 unspecified atom stereocenters. The number of ketones is 1. The number of aromatic nitrogens is 2. The van der Waals surface area contributed by atoms with Gasteiger partial charge in [-0.25, -0.2) is 4.39 Å². The van der Waals surface area contributed by atoms with Crippen molar-refractivity contribution in [3.63, 3.8) is 0 Å². The molecule has 0 saturated heterocycles. The fraction of sp³-hybridized carbons (Fsp3) is 0.0870. The number of nitrogens with one attached hydrogen (secondary N) is 1. The third-order valence-electron chi connectivity index (χ3n) is 5.06. The lowest BCUT2D eigenvalue weighted by atomic mass is 10.0. The lowest BCUT2D eigenvalue weighted by Gasteiger charge is -2.09. The van der Waals surface area contributed by atoms with Crippen molar-refractivity contribution in [3.8, 4) is 0 Å². The van der Waals surface area contributed by atoms with E-state index in [4.69, 9.17) is 11.6 Å². The third kappa shape index (κ3) is 4.24. The summed E-state index contributed by atoms with van der Waals surface area (Å²) in [5.74, 6) is -1.69. The van der Waals surface area contributed by atoms with Gasteiger partial charge in [-0.05, 0) is 42.0 Å². The molecule has 0 aliphatic heterocycles. The number of carbonyl (C=O) groups excluding carboxylic acids is 2. The van der Waals surface area contributed by atoms with Crippen LogP contribution in [0.5, 0.6) is 0 Å². The molecule has 1 aromatic heterocycles. The molecule has 0 spiro atoms. The first-order valence-corrected chi connectivity index (χ1v) is 11.6. The van der Waals surface area contributed by atoms with Gasteiger partial charge in [0, 0.05) is 24.4 Å². The third-order valence-corrected chi connectivity index (χ3v) is 6.97. The van der Waals surface area contributed by atoms with Gasteiger partial charge in [-0.3, -0.25) is 9.59 Å². The van der Waals surface area contributed by atoms with Gasteiger partial charge in [0.1, 0.15) is 5.82 Å². The SMILES string of the molecule is CNC(=O)c1cccc(S(=O)(=O)n2ncc3ccc(CC(=O)c4c(F)cccc4Cl)cc32)c1. The van der Waals surface area contributed by atoms with E-state index < -0.39 is 27.5 Å². The Morgan fingerprint density at radius 1 is 1.09 bits per heavy atom. The van der Waals surface area contributed by atoms with Crippen molar-refractivity contribution in [2.75, 3.05) is 7.05 Å². The second-order valence-corrected chi connectivity index (χ2v) is 9.36. The smallest absolute Gasteiger partial charge is 0.283 e. The van der Waals surface area contributed by atoms with E-state index >= 15 is 0 Å². The Bertz CT molecular complexity index is 1500. The number of benzene rings is 3. The topological polar surface area (TPSA) is 98.1 Å². The molecular formula is C23H17ClFN3O4S. The Balaban J connectivity index is 1.73. The first-order valence-electron chi connectivity index (χ1n) is 9.74. The van der Waals surface area contributed by atoms with E-state index in [0.29, 0.717) is 10.9 Å². The molecule has 3 aromatic carbocycles. The number of Topliss-reactive ketones (excluding diaryl/α,β-unsaturated/α-hetero) is 1. The van der Waals surface area contributed by atoms with Crippen LogP contribution in [-0.4, -0.2) is 36.3 Å². The van der Waals surface area contributed by atoms with Crippen LogP contribution in [0.4, 0.5) is 4.39 Å². The molecule has 10 heteroatoms. The second-order valence-electron chi connectivity index (χ2n) is 7.19. The van der Waals surface area contributed by atoms with Crippen molar-refractivity contribution < 1.29 is 22.4 Å². The molecule has 0 saturated carbocycles. The van der Waals surface area contributed by atoms with Crippen molar-refractivity contribution in [1.82, 2.24) is 14.5 Å². The summed E-state index contributed by atoms with van der Waals surface area (Å²) in [4.78, 5) is 24.5.